The molecule has 0 aliphatic carbocycles. The van der Waals surface area contributed by atoms with Crippen LogP contribution in [0.2, 0.25) is 0 Å². The van der Waals surface area contributed by atoms with Gasteiger partial charge in [-0.25, -0.2) is 4.98 Å². The summed E-state index contributed by atoms with van der Waals surface area (Å²) in [6.45, 7) is 2.09. The number of benzene rings is 1. The van der Waals surface area contributed by atoms with Crippen molar-refractivity contribution in [3.8, 4) is 5.88 Å². The monoisotopic (exact) mass is 346 g/mol. The molecular formula is C17H18N2O4S. The van der Waals surface area contributed by atoms with Crippen LogP contribution in [-0.4, -0.2) is 24.6 Å². The van der Waals surface area contributed by atoms with Gasteiger partial charge in [0.05, 0.1) is 29.6 Å². The van der Waals surface area contributed by atoms with Crippen LogP contribution in [0.3, 0.4) is 0 Å². The second-order valence-electron chi connectivity index (χ2n) is 5.49. The standard InChI is InChI=1S/C17H18N2O4S/c1-12-14-8-9-18-16(14)15(11-23-24(2,20)21)17(19-12)22-10-13-6-4-3-5-7-13/h3-9,18H,10-11H2,1-2H3. The van der Waals surface area contributed by atoms with Crippen molar-refractivity contribution in [2.24, 2.45) is 0 Å². The van der Waals surface area contributed by atoms with Gasteiger partial charge in [-0.15, -0.1) is 0 Å². The molecule has 3 rings (SSSR count). The molecule has 0 amide bonds. The van der Waals surface area contributed by atoms with Crippen LogP contribution in [0.25, 0.3) is 10.9 Å². The number of aryl methyl sites for hydroxylation is 1. The van der Waals surface area contributed by atoms with E-state index in [9.17, 15) is 8.42 Å². The summed E-state index contributed by atoms with van der Waals surface area (Å²) in [6, 6.07) is 11.6. The van der Waals surface area contributed by atoms with E-state index in [1.54, 1.807) is 6.20 Å². The molecule has 7 heteroatoms. The average molecular weight is 346 g/mol. The lowest BCUT2D eigenvalue weighted by molar-refractivity contribution is 0.269. The predicted octanol–water partition coefficient (Wildman–Crippen LogP) is 2.93. The fourth-order valence-corrected chi connectivity index (χ4v) is 2.78. The van der Waals surface area contributed by atoms with Gasteiger partial charge in [0.15, 0.2) is 0 Å². The number of aromatic nitrogens is 2. The van der Waals surface area contributed by atoms with E-state index in [0.717, 1.165) is 28.4 Å². The molecule has 2 aromatic heterocycles. The number of ether oxygens (including phenoxy) is 1. The molecule has 2 heterocycles. The van der Waals surface area contributed by atoms with Crippen molar-refractivity contribution < 1.29 is 17.3 Å². The van der Waals surface area contributed by atoms with Gasteiger partial charge in [-0.2, -0.15) is 8.42 Å². The minimum absolute atomic E-state index is 0.132. The van der Waals surface area contributed by atoms with E-state index in [2.05, 4.69) is 9.97 Å². The second kappa shape index (κ2) is 6.62. The predicted molar refractivity (Wildman–Crippen MR) is 91.2 cm³/mol. The highest BCUT2D eigenvalue weighted by Crippen LogP contribution is 2.29. The van der Waals surface area contributed by atoms with Crippen LogP contribution in [0, 0.1) is 6.92 Å². The molecule has 6 nitrogen and oxygen atoms in total. The Morgan fingerprint density at radius 1 is 1.12 bits per heavy atom. The molecule has 24 heavy (non-hydrogen) atoms. The zero-order valence-corrected chi connectivity index (χ0v) is 14.3. The highest BCUT2D eigenvalue weighted by molar-refractivity contribution is 7.85. The average Bonchev–Trinajstić information content (AvgIpc) is 3.02. The number of fused-ring (bicyclic) bond motifs is 1. The summed E-state index contributed by atoms with van der Waals surface area (Å²) in [7, 11) is -3.57. The number of pyridine rings is 1. The number of hydrogen-bond donors (Lipinski definition) is 1. The van der Waals surface area contributed by atoms with Gasteiger partial charge in [-0.3, -0.25) is 4.18 Å². The molecule has 0 saturated heterocycles. The normalized spacial score (nSPS) is 11.8. The van der Waals surface area contributed by atoms with E-state index in [4.69, 9.17) is 8.92 Å². The van der Waals surface area contributed by atoms with Gasteiger partial charge in [0.1, 0.15) is 6.61 Å². The summed E-state index contributed by atoms with van der Waals surface area (Å²) in [5, 5.41) is 0.911. The Labute approximate surface area is 140 Å². The highest BCUT2D eigenvalue weighted by atomic mass is 32.2. The maximum Gasteiger partial charge on any atom is 0.264 e. The Balaban J connectivity index is 1.95. The topological polar surface area (TPSA) is 81.3 Å². The summed E-state index contributed by atoms with van der Waals surface area (Å²) in [5.41, 5.74) is 3.16. The van der Waals surface area contributed by atoms with Crippen LogP contribution < -0.4 is 4.74 Å². The third-order valence-electron chi connectivity index (χ3n) is 3.60. The Bertz CT molecular complexity index is 949. The molecular weight excluding hydrogens is 328 g/mol. The molecule has 1 N–H and O–H groups in total. The number of nitrogens with zero attached hydrogens (tertiary/aromatic N) is 1. The molecule has 126 valence electrons. The van der Waals surface area contributed by atoms with Crippen molar-refractivity contribution in [2.75, 3.05) is 6.26 Å². The smallest absolute Gasteiger partial charge is 0.264 e. The maximum absolute atomic E-state index is 11.3. The van der Waals surface area contributed by atoms with E-state index in [0.29, 0.717) is 18.1 Å². The fraction of sp³-hybridized carbons (Fsp3) is 0.235. The SMILES string of the molecule is Cc1nc(OCc2ccccc2)c(COS(C)(=O)=O)c2[nH]ccc12. The fourth-order valence-electron chi connectivity index (χ4n) is 2.45. The number of nitrogens with one attached hydrogen (secondary N) is 1. The van der Waals surface area contributed by atoms with E-state index in [-0.39, 0.29) is 6.61 Å². The molecule has 0 bridgehead atoms. The van der Waals surface area contributed by atoms with Crippen molar-refractivity contribution in [3.05, 3.63) is 59.4 Å². The number of H-pyrrole nitrogens is 1. The van der Waals surface area contributed by atoms with Crippen molar-refractivity contribution >= 4 is 21.0 Å². The van der Waals surface area contributed by atoms with Crippen molar-refractivity contribution in [2.45, 2.75) is 20.1 Å². The first-order valence-corrected chi connectivity index (χ1v) is 9.23. The number of rotatable bonds is 6. The second-order valence-corrected chi connectivity index (χ2v) is 7.13. The number of hydrogen-bond acceptors (Lipinski definition) is 5. The van der Waals surface area contributed by atoms with Crippen LogP contribution in [0.5, 0.6) is 5.88 Å². The molecule has 0 unspecified atom stereocenters. The van der Waals surface area contributed by atoms with Crippen molar-refractivity contribution in [1.82, 2.24) is 9.97 Å². The first-order chi connectivity index (χ1) is 11.4. The summed E-state index contributed by atoms with van der Waals surface area (Å²) in [4.78, 5) is 7.58. The maximum atomic E-state index is 11.3. The molecule has 3 aromatic rings. The first-order valence-electron chi connectivity index (χ1n) is 7.42. The van der Waals surface area contributed by atoms with Gasteiger partial charge in [0.25, 0.3) is 10.1 Å². The van der Waals surface area contributed by atoms with E-state index < -0.39 is 10.1 Å². The van der Waals surface area contributed by atoms with Gasteiger partial charge in [0, 0.05) is 11.6 Å². The summed E-state index contributed by atoms with van der Waals surface area (Å²) in [5.74, 6) is 0.370. The van der Waals surface area contributed by atoms with Gasteiger partial charge < -0.3 is 9.72 Å². The van der Waals surface area contributed by atoms with E-state index >= 15 is 0 Å². The van der Waals surface area contributed by atoms with E-state index in [1.807, 2.05) is 43.3 Å². The molecule has 0 atom stereocenters. The molecule has 0 aliphatic heterocycles. The lowest BCUT2D eigenvalue weighted by Crippen LogP contribution is -2.07. The molecule has 0 aliphatic rings. The van der Waals surface area contributed by atoms with Crippen molar-refractivity contribution in [3.63, 3.8) is 0 Å². The molecule has 0 radical (unpaired) electrons. The Kier molecular flexibility index (Phi) is 4.55. The van der Waals surface area contributed by atoms with Gasteiger partial charge in [0.2, 0.25) is 5.88 Å². The van der Waals surface area contributed by atoms with Gasteiger partial charge in [-0.05, 0) is 18.6 Å². The molecule has 0 saturated carbocycles. The first kappa shape index (κ1) is 16.5. The molecule has 0 spiro atoms. The third kappa shape index (κ3) is 3.74. The minimum atomic E-state index is -3.57. The van der Waals surface area contributed by atoms with E-state index in [1.165, 1.54) is 0 Å². The van der Waals surface area contributed by atoms with Crippen LogP contribution in [0.4, 0.5) is 0 Å². The quantitative estimate of drug-likeness (QED) is 0.694. The van der Waals surface area contributed by atoms with Crippen LogP contribution in [0.1, 0.15) is 16.8 Å². The Morgan fingerprint density at radius 3 is 2.58 bits per heavy atom. The highest BCUT2D eigenvalue weighted by Gasteiger charge is 2.17. The zero-order chi connectivity index (χ0) is 17.2. The lowest BCUT2D eigenvalue weighted by atomic mass is 10.1. The Morgan fingerprint density at radius 2 is 1.88 bits per heavy atom. The summed E-state index contributed by atoms with van der Waals surface area (Å²) < 4.78 is 33.5. The van der Waals surface area contributed by atoms with Crippen LogP contribution in [0.15, 0.2) is 42.6 Å². The third-order valence-corrected chi connectivity index (χ3v) is 4.15. The van der Waals surface area contributed by atoms with Crippen LogP contribution >= 0.6 is 0 Å². The largest absolute Gasteiger partial charge is 0.472 e. The summed E-state index contributed by atoms with van der Waals surface area (Å²) in [6.07, 6.45) is 2.80. The zero-order valence-electron chi connectivity index (χ0n) is 13.4. The van der Waals surface area contributed by atoms with Gasteiger partial charge >= 0.3 is 0 Å². The lowest BCUT2D eigenvalue weighted by Gasteiger charge is -2.13. The van der Waals surface area contributed by atoms with Gasteiger partial charge in [-0.1, -0.05) is 30.3 Å². The van der Waals surface area contributed by atoms with Crippen molar-refractivity contribution in [1.29, 1.82) is 0 Å². The minimum Gasteiger partial charge on any atom is -0.472 e. The van der Waals surface area contributed by atoms with Crippen LogP contribution in [-0.2, 0) is 27.5 Å². The number of aromatic amines is 1. The molecule has 0 fully saturated rings. The summed E-state index contributed by atoms with van der Waals surface area (Å²) >= 11 is 0. The molecule has 1 aromatic carbocycles. The Hall–Kier alpha value is -2.38.